The first-order valence-electron chi connectivity index (χ1n) is 13.2. The van der Waals surface area contributed by atoms with Gasteiger partial charge in [0, 0.05) is 6.42 Å². The first-order chi connectivity index (χ1) is 16.5. The Kier molecular flexibility index (Phi) is 16.8. The maximum atomic E-state index is 11.9. The second-order valence-corrected chi connectivity index (χ2v) is 9.53. The number of benzene rings is 1. The third-order valence-electron chi connectivity index (χ3n) is 6.07. The number of ether oxygens (including phenoxy) is 3. The standard InChI is InChI=1S/C29H48O5/c1-24(2)18-15-13-11-9-7-5-6-8-10-12-14-16-20-28(30)34-21-17-19-25-22-26(32-3)29(31)27(23-25)33-4/h17,19,22-24,31H,5-16,18,20-21H2,1-4H3/b19-17+. The van der Waals surface area contributed by atoms with Crippen molar-refractivity contribution in [2.45, 2.75) is 104 Å². The number of carbonyl (C=O) groups is 1. The van der Waals surface area contributed by atoms with E-state index in [0.29, 0.717) is 17.9 Å². The predicted molar refractivity (Wildman–Crippen MR) is 141 cm³/mol. The Bertz CT molecular complexity index is 671. The van der Waals surface area contributed by atoms with E-state index in [0.717, 1.165) is 24.3 Å². The average Bonchev–Trinajstić information content (AvgIpc) is 2.82. The van der Waals surface area contributed by atoms with Gasteiger partial charge in [-0.25, -0.2) is 0 Å². The Hall–Kier alpha value is -2.17. The number of hydrogen-bond acceptors (Lipinski definition) is 5. The molecule has 0 aliphatic heterocycles. The van der Waals surface area contributed by atoms with Gasteiger partial charge >= 0.3 is 5.97 Å². The molecule has 1 rings (SSSR count). The lowest BCUT2D eigenvalue weighted by molar-refractivity contribution is -0.142. The molecule has 1 aromatic rings. The summed E-state index contributed by atoms with van der Waals surface area (Å²) in [6, 6.07) is 3.40. The van der Waals surface area contributed by atoms with Gasteiger partial charge in [-0.3, -0.25) is 4.79 Å². The molecular weight excluding hydrogens is 428 g/mol. The summed E-state index contributed by atoms with van der Waals surface area (Å²) >= 11 is 0. The largest absolute Gasteiger partial charge is 0.502 e. The second kappa shape index (κ2) is 19.2. The van der Waals surface area contributed by atoms with Gasteiger partial charge in [-0.1, -0.05) is 97.0 Å². The zero-order valence-corrected chi connectivity index (χ0v) is 22.1. The van der Waals surface area contributed by atoms with E-state index in [-0.39, 0.29) is 18.3 Å². The molecule has 0 radical (unpaired) electrons. The van der Waals surface area contributed by atoms with Crippen LogP contribution in [0.25, 0.3) is 6.08 Å². The number of aromatic hydroxyl groups is 1. The summed E-state index contributed by atoms with van der Waals surface area (Å²) < 4.78 is 15.6. The fourth-order valence-electron chi connectivity index (χ4n) is 4.00. The van der Waals surface area contributed by atoms with Gasteiger partial charge < -0.3 is 19.3 Å². The van der Waals surface area contributed by atoms with Crippen molar-refractivity contribution >= 4 is 12.0 Å². The Morgan fingerprint density at radius 2 is 1.29 bits per heavy atom. The van der Waals surface area contributed by atoms with Crippen molar-refractivity contribution < 1.29 is 24.1 Å². The van der Waals surface area contributed by atoms with Crippen molar-refractivity contribution in [1.82, 2.24) is 0 Å². The van der Waals surface area contributed by atoms with E-state index >= 15 is 0 Å². The summed E-state index contributed by atoms with van der Waals surface area (Å²) in [5.41, 5.74) is 0.796. The molecule has 5 heteroatoms. The summed E-state index contributed by atoms with van der Waals surface area (Å²) in [5, 5.41) is 9.95. The van der Waals surface area contributed by atoms with E-state index in [4.69, 9.17) is 14.2 Å². The molecule has 194 valence electrons. The molecule has 0 spiro atoms. The lowest BCUT2D eigenvalue weighted by atomic mass is 10.0. The number of esters is 1. The van der Waals surface area contributed by atoms with Gasteiger partial charge in [0.25, 0.3) is 0 Å². The highest BCUT2D eigenvalue weighted by Gasteiger charge is 2.09. The molecule has 0 atom stereocenters. The summed E-state index contributed by atoms with van der Waals surface area (Å²) in [6.45, 7) is 4.84. The number of phenolic OH excluding ortho intramolecular Hbond substituents is 1. The van der Waals surface area contributed by atoms with Crippen LogP contribution in [0.2, 0.25) is 0 Å². The van der Waals surface area contributed by atoms with Crippen LogP contribution in [0.15, 0.2) is 18.2 Å². The number of carbonyl (C=O) groups excluding carboxylic acids is 1. The van der Waals surface area contributed by atoms with Crippen molar-refractivity contribution in [3.8, 4) is 17.2 Å². The molecule has 0 amide bonds. The van der Waals surface area contributed by atoms with Crippen LogP contribution in [-0.2, 0) is 9.53 Å². The lowest BCUT2D eigenvalue weighted by Gasteiger charge is -2.09. The van der Waals surface area contributed by atoms with Crippen LogP contribution in [-0.4, -0.2) is 31.9 Å². The molecule has 0 heterocycles. The zero-order chi connectivity index (χ0) is 25.0. The molecule has 1 N–H and O–H groups in total. The fraction of sp³-hybridized carbons (Fsp3) is 0.690. The molecule has 0 saturated carbocycles. The SMILES string of the molecule is COc1cc(/C=C/COC(=O)CCCCCCCCCCCCCCC(C)C)cc(OC)c1O. The third kappa shape index (κ3) is 14.2. The van der Waals surface area contributed by atoms with Crippen LogP contribution >= 0.6 is 0 Å². The monoisotopic (exact) mass is 476 g/mol. The highest BCUT2D eigenvalue weighted by atomic mass is 16.5. The minimum absolute atomic E-state index is 0.0310. The molecule has 0 aliphatic carbocycles. The highest BCUT2D eigenvalue weighted by Crippen LogP contribution is 2.37. The average molecular weight is 477 g/mol. The summed E-state index contributed by atoms with van der Waals surface area (Å²) in [6.07, 6.45) is 20.9. The first-order valence-corrected chi connectivity index (χ1v) is 13.2. The van der Waals surface area contributed by atoms with Crippen LogP contribution in [0.1, 0.15) is 109 Å². The summed E-state index contributed by atoms with van der Waals surface area (Å²) in [7, 11) is 2.97. The van der Waals surface area contributed by atoms with Gasteiger partial charge in [-0.15, -0.1) is 0 Å². The van der Waals surface area contributed by atoms with Crippen molar-refractivity contribution in [3.63, 3.8) is 0 Å². The molecule has 0 fully saturated rings. The molecule has 0 saturated heterocycles. The molecule has 0 unspecified atom stereocenters. The van der Waals surface area contributed by atoms with E-state index in [1.165, 1.54) is 84.8 Å². The number of rotatable bonds is 20. The number of unbranched alkanes of at least 4 members (excludes halogenated alkanes) is 11. The minimum Gasteiger partial charge on any atom is -0.502 e. The smallest absolute Gasteiger partial charge is 0.306 e. The Morgan fingerprint density at radius 1 is 0.824 bits per heavy atom. The summed E-state index contributed by atoms with van der Waals surface area (Å²) in [5.74, 6) is 1.34. The minimum atomic E-state index is -0.154. The van der Waals surface area contributed by atoms with Gasteiger partial charge in [0.1, 0.15) is 6.61 Å². The van der Waals surface area contributed by atoms with Crippen LogP contribution < -0.4 is 9.47 Å². The molecule has 0 bridgehead atoms. The van der Waals surface area contributed by atoms with E-state index in [9.17, 15) is 9.90 Å². The van der Waals surface area contributed by atoms with Crippen molar-refractivity contribution in [1.29, 1.82) is 0 Å². The third-order valence-corrected chi connectivity index (χ3v) is 6.07. The topological polar surface area (TPSA) is 65.0 Å². The second-order valence-electron chi connectivity index (χ2n) is 9.53. The van der Waals surface area contributed by atoms with Crippen LogP contribution in [0.4, 0.5) is 0 Å². The van der Waals surface area contributed by atoms with Gasteiger partial charge in [-0.2, -0.15) is 0 Å². The van der Waals surface area contributed by atoms with E-state index < -0.39 is 0 Å². The Balaban J connectivity index is 2.00. The molecule has 5 nitrogen and oxygen atoms in total. The maximum Gasteiger partial charge on any atom is 0.306 e. The normalized spacial score (nSPS) is 11.3. The molecule has 0 aromatic heterocycles. The molecule has 0 aliphatic rings. The van der Waals surface area contributed by atoms with Gasteiger partial charge in [-0.05, 0) is 36.1 Å². The van der Waals surface area contributed by atoms with Crippen LogP contribution in [0.5, 0.6) is 17.2 Å². The lowest BCUT2D eigenvalue weighted by Crippen LogP contribution is -2.04. The van der Waals surface area contributed by atoms with E-state index in [2.05, 4.69) is 13.8 Å². The number of methoxy groups -OCH3 is 2. The van der Waals surface area contributed by atoms with Crippen LogP contribution in [0, 0.1) is 5.92 Å². The molecule has 1 aromatic carbocycles. The number of hydrogen-bond donors (Lipinski definition) is 1. The molecular formula is C29H48O5. The highest BCUT2D eigenvalue weighted by molar-refractivity contribution is 5.69. The van der Waals surface area contributed by atoms with Crippen molar-refractivity contribution in [2.75, 3.05) is 20.8 Å². The maximum absolute atomic E-state index is 11.9. The van der Waals surface area contributed by atoms with Gasteiger partial charge in [0.05, 0.1) is 14.2 Å². The Labute approximate surface area is 207 Å². The fourth-order valence-corrected chi connectivity index (χ4v) is 4.00. The quantitative estimate of drug-likeness (QED) is 0.152. The Morgan fingerprint density at radius 3 is 1.76 bits per heavy atom. The number of phenols is 1. The van der Waals surface area contributed by atoms with Gasteiger partial charge in [0.15, 0.2) is 11.5 Å². The van der Waals surface area contributed by atoms with Crippen molar-refractivity contribution in [2.24, 2.45) is 5.92 Å². The van der Waals surface area contributed by atoms with E-state index in [1.54, 1.807) is 18.2 Å². The first kappa shape index (κ1) is 29.9. The predicted octanol–water partition coefficient (Wildman–Crippen LogP) is 8.08. The molecule has 34 heavy (non-hydrogen) atoms. The van der Waals surface area contributed by atoms with Crippen LogP contribution in [0.3, 0.4) is 0 Å². The van der Waals surface area contributed by atoms with Gasteiger partial charge in [0.2, 0.25) is 5.75 Å². The van der Waals surface area contributed by atoms with Crippen molar-refractivity contribution in [3.05, 3.63) is 23.8 Å². The zero-order valence-electron chi connectivity index (χ0n) is 22.1. The van der Waals surface area contributed by atoms with E-state index in [1.807, 2.05) is 6.08 Å². The summed E-state index contributed by atoms with van der Waals surface area (Å²) in [4.78, 5) is 11.9.